The molecule has 0 heterocycles. The SMILES string of the molecule is CCCCCC.N.O. The molecule has 0 aliphatic carbocycles. The van der Waals surface area contributed by atoms with Gasteiger partial charge in [0.05, 0.1) is 0 Å². The molecule has 0 saturated carbocycles. The standard InChI is InChI=1S/C6H14.H3N.H2O/c1-3-5-6-4-2;;/h3-6H2,1-2H3;1H3;1H2. The third kappa shape index (κ3) is 16.8. The fraction of sp³-hybridized carbons (Fsp3) is 1.00. The highest BCUT2D eigenvalue weighted by Crippen LogP contribution is 1.95. The van der Waals surface area contributed by atoms with Crippen LogP contribution in [0.1, 0.15) is 39.5 Å². The van der Waals surface area contributed by atoms with Crippen LogP contribution in [0.3, 0.4) is 0 Å². The molecule has 0 rings (SSSR count). The molecule has 0 bridgehead atoms. The van der Waals surface area contributed by atoms with E-state index in [0.29, 0.717) is 0 Å². The Bertz CT molecular complexity index is 20.5. The number of rotatable bonds is 3. The van der Waals surface area contributed by atoms with Crippen molar-refractivity contribution in [3.8, 4) is 0 Å². The summed E-state index contributed by atoms with van der Waals surface area (Å²) in [5.74, 6) is 0. The first kappa shape index (κ1) is 15.7. The maximum absolute atomic E-state index is 2.23. The summed E-state index contributed by atoms with van der Waals surface area (Å²) in [4.78, 5) is 0. The molecule has 0 amide bonds. The van der Waals surface area contributed by atoms with E-state index in [1.165, 1.54) is 25.7 Å². The van der Waals surface area contributed by atoms with E-state index < -0.39 is 0 Å². The van der Waals surface area contributed by atoms with Crippen LogP contribution in [-0.4, -0.2) is 5.48 Å². The lowest BCUT2D eigenvalue weighted by atomic mass is 10.2. The van der Waals surface area contributed by atoms with Crippen LogP contribution in [-0.2, 0) is 0 Å². The van der Waals surface area contributed by atoms with Crippen molar-refractivity contribution in [3.63, 3.8) is 0 Å². The normalized spacial score (nSPS) is 6.75. The Hall–Kier alpha value is -0.0800. The second-order valence-corrected chi connectivity index (χ2v) is 1.71. The Morgan fingerprint density at radius 2 is 1.12 bits per heavy atom. The molecule has 0 aromatic carbocycles. The maximum atomic E-state index is 2.23. The van der Waals surface area contributed by atoms with E-state index in [1.807, 2.05) is 0 Å². The third-order valence-electron chi connectivity index (χ3n) is 0.957. The minimum Gasteiger partial charge on any atom is -0.412 e. The molecule has 0 radical (unpaired) electrons. The van der Waals surface area contributed by atoms with E-state index in [4.69, 9.17) is 0 Å². The van der Waals surface area contributed by atoms with Crippen LogP contribution in [0.25, 0.3) is 0 Å². The quantitative estimate of drug-likeness (QED) is 0.569. The molecule has 0 aromatic rings. The summed E-state index contributed by atoms with van der Waals surface area (Å²) in [6, 6.07) is 0. The minimum absolute atomic E-state index is 0. The number of hydrogen-bond acceptors (Lipinski definition) is 1. The predicted octanol–water partition coefficient (Wildman–Crippen LogP) is 1.92. The Balaban J connectivity index is -0.000000125. The molecule has 8 heavy (non-hydrogen) atoms. The van der Waals surface area contributed by atoms with Crippen molar-refractivity contribution in [2.45, 2.75) is 39.5 Å². The first-order valence-electron chi connectivity index (χ1n) is 2.91. The average molecular weight is 121 g/mol. The molecule has 2 nitrogen and oxygen atoms in total. The van der Waals surface area contributed by atoms with Gasteiger partial charge in [0.15, 0.2) is 0 Å². The second-order valence-electron chi connectivity index (χ2n) is 1.71. The third-order valence-corrected chi connectivity index (χ3v) is 0.957. The predicted molar refractivity (Wildman–Crippen MR) is 38.5 cm³/mol. The number of hydrogen-bond donors (Lipinski definition) is 1. The molecule has 2 heteroatoms. The van der Waals surface area contributed by atoms with Gasteiger partial charge in [-0.3, -0.25) is 0 Å². The average Bonchev–Trinajstić information content (AvgIpc) is 1.61. The van der Waals surface area contributed by atoms with E-state index in [2.05, 4.69) is 13.8 Å². The molecule has 0 unspecified atom stereocenters. The minimum atomic E-state index is 0. The van der Waals surface area contributed by atoms with Crippen LogP contribution in [0.2, 0.25) is 0 Å². The zero-order valence-electron chi connectivity index (χ0n) is 6.04. The van der Waals surface area contributed by atoms with Gasteiger partial charge in [-0.1, -0.05) is 39.5 Å². The highest BCUT2D eigenvalue weighted by Gasteiger charge is 1.75. The molecular formula is C6H19NO. The van der Waals surface area contributed by atoms with Crippen LogP contribution in [0.4, 0.5) is 0 Å². The van der Waals surface area contributed by atoms with Gasteiger partial charge in [0.1, 0.15) is 0 Å². The largest absolute Gasteiger partial charge is 0.412 e. The molecule has 0 aliphatic heterocycles. The van der Waals surface area contributed by atoms with Crippen molar-refractivity contribution in [1.82, 2.24) is 6.15 Å². The Morgan fingerprint density at radius 3 is 1.25 bits per heavy atom. The van der Waals surface area contributed by atoms with Crippen molar-refractivity contribution in [2.75, 3.05) is 0 Å². The van der Waals surface area contributed by atoms with Crippen molar-refractivity contribution in [1.29, 1.82) is 0 Å². The summed E-state index contributed by atoms with van der Waals surface area (Å²) in [6.45, 7) is 4.46. The van der Waals surface area contributed by atoms with Crippen molar-refractivity contribution in [2.24, 2.45) is 0 Å². The highest BCUT2D eigenvalue weighted by atomic mass is 16.0. The lowest BCUT2D eigenvalue weighted by Gasteiger charge is -1.86. The van der Waals surface area contributed by atoms with Gasteiger partial charge in [-0.05, 0) is 0 Å². The second kappa shape index (κ2) is 15.8. The van der Waals surface area contributed by atoms with Crippen molar-refractivity contribution in [3.05, 3.63) is 0 Å². The topological polar surface area (TPSA) is 66.5 Å². The summed E-state index contributed by atoms with van der Waals surface area (Å²) in [5, 5.41) is 0. The highest BCUT2D eigenvalue weighted by molar-refractivity contribution is 4.31. The summed E-state index contributed by atoms with van der Waals surface area (Å²) in [6.07, 6.45) is 5.54. The molecule has 0 fully saturated rings. The molecule has 0 aliphatic rings. The molecule has 54 valence electrons. The Labute approximate surface area is 52.2 Å². The van der Waals surface area contributed by atoms with Crippen molar-refractivity contribution >= 4 is 0 Å². The van der Waals surface area contributed by atoms with Crippen LogP contribution < -0.4 is 6.15 Å². The van der Waals surface area contributed by atoms with Crippen LogP contribution in [0, 0.1) is 0 Å². The van der Waals surface area contributed by atoms with E-state index in [1.54, 1.807) is 0 Å². The van der Waals surface area contributed by atoms with Crippen LogP contribution >= 0.6 is 0 Å². The molecule has 0 saturated heterocycles. The zero-order valence-corrected chi connectivity index (χ0v) is 6.04. The first-order chi connectivity index (χ1) is 2.91. The molecule has 5 N–H and O–H groups in total. The Morgan fingerprint density at radius 1 is 0.875 bits per heavy atom. The Kier molecular flexibility index (Phi) is 30.9. The number of unbranched alkanes of at least 4 members (excludes halogenated alkanes) is 3. The lowest BCUT2D eigenvalue weighted by molar-refractivity contribution is 0.702. The molecule has 0 spiro atoms. The summed E-state index contributed by atoms with van der Waals surface area (Å²) in [7, 11) is 0. The molecular weight excluding hydrogens is 102 g/mol. The van der Waals surface area contributed by atoms with E-state index in [9.17, 15) is 0 Å². The van der Waals surface area contributed by atoms with Gasteiger partial charge in [-0.2, -0.15) is 0 Å². The molecule has 0 atom stereocenters. The summed E-state index contributed by atoms with van der Waals surface area (Å²) in [5.41, 5.74) is 0. The van der Waals surface area contributed by atoms with Gasteiger partial charge in [-0.25, -0.2) is 0 Å². The maximum Gasteiger partial charge on any atom is -0.0536 e. The fourth-order valence-electron chi connectivity index (χ4n) is 0.500. The monoisotopic (exact) mass is 121 g/mol. The van der Waals surface area contributed by atoms with Gasteiger partial charge in [-0.15, -0.1) is 0 Å². The van der Waals surface area contributed by atoms with Crippen molar-refractivity contribution < 1.29 is 5.48 Å². The van der Waals surface area contributed by atoms with E-state index >= 15 is 0 Å². The van der Waals surface area contributed by atoms with Crippen LogP contribution in [0.5, 0.6) is 0 Å². The molecule has 0 aromatic heterocycles. The lowest BCUT2D eigenvalue weighted by Crippen LogP contribution is -1.66. The fourth-order valence-corrected chi connectivity index (χ4v) is 0.500. The summed E-state index contributed by atoms with van der Waals surface area (Å²) >= 11 is 0. The van der Waals surface area contributed by atoms with Gasteiger partial charge in [0.2, 0.25) is 0 Å². The zero-order chi connectivity index (χ0) is 4.83. The van der Waals surface area contributed by atoms with E-state index in [0.717, 1.165) is 0 Å². The van der Waals surface area contributed by atoms with Crippen LogP contribution in [0.15, 0.2) is 0 Å². The van der Waals surface area contributed by atoms with Gasteiger partial charge in [0.25, 0.3) is 0 Å². The van der Waals surface area contributed by atoms with Gasteiger partial charge in [0, 0.05) is 0 Å². The van der Waals surface area contributed by atoms with Gasteiger partial charge < -0.3 is 11.6 Å². The van der Waals surface area contributed by atoms with E-state index in [-0.39, 0.29) is 11.6 Å². The smallest absolute Gasteiger partial charge is 0.0536 e. The van der Waals surface area contributed by atoms with Gasteiger partial charge >= 0.3 is 0 Å². The first-order valence-corrected chi connectivity index (χ1v) is 2.91. The summed E-state index contributed by atoms with van der Waals surface area (Å²) < 4.78 is 0.